The molecule has 16 heavy (non-hydrogen) atoms. The number of fused-ring (bicyclic) bond motifs is 3. The maximum Gasteiger partial charge on any atom is 0.123 e. The first kappa shape index (κ1) is 10.1. The van der Waals surface area contributed by atoms with Crippen LogP contribution in [0, 0.1) is 12.7 Å². The van der Waals surface area contributed by atoms with E-state index in [1.54, 1.807) is 12.1 Å². The normalized spacial score (nSPS) is 27.8. The van der Waals surface area contributed by atoms with Crippen molar-refractivity contribution in [1.82, 2.24) is 5.32 Å². The number of halogens is 1. The molecule has 0 aliphatic carbocycles. The summed E-state index contributed by atoms with van der Waals surface area (Å²) in [6.07, 6.45) is 0.977. The van der Waals surface area contributed by atoms with Crippen LogP contribution in [0.2, 0.25) is 0 Å². The van der Waals surface area contributed by atoms with Gasteiger partial charge in [0, 0.05) is 30.9 Å². The van der Waals surface area contributed by atoms with E-state index in [9.17, 15) is 4.39 Å². The SMILES string of the molecule is Cc1cc(F)cc2c1N1[C@H](CNC[C@H]1C)C2. The molecule has 2 heterocycles. The zero-order valence-electron chi connectivity index (χ0n) is 9.76. The molecule has 3 rings (SSSR count). The fourth-order valence-corrected chi connectivity index (χ4v) is 3.17. The van der Waals surface area contributed by atoms with Crippen LogP contribution in [0.1, 0.15) is 18.1 Å². The molecule has 0 aromatic heterocycles. The van der Waals surface area contributed by atoms with Crippen LogP contribution in [0.4, 0.5) is 10.1 Å². The molecule has 86 valence electrons. The van der Waals surface area contributed by atoms with Crippen molar-refractivity contribution in [2.75, 3.05) is 18.0 Å². The van der Waals surface area contributed by atoms with Gasteiger partial charge in [-0.2, -0.15) is 0 Å². The van der Waals surface area contributed by atoms with Gasteiger partial charge in [0.2, 0.25) is 0 Å². The molecule has 0 spiro atoms. The largest absolute Gasteiger partial charge is 0.363 e. The number of nitrogens with zero attached hydrogens (tertiary/aromatic N) is 1. The number of hydrogen-bond donors (Lipinski definition) is 1. The molecule has 2 nitrogen and oxygen atoms in total. The van der Waals surface area contributed by atoms with Crippen molar-refractivity contribution in [3.8, 4) is 0 Å². The zero-order valence-corrected chi connectivity index (χ0v) is 9.76. The van der Waals surface area contributed by atoms with Crippen LogP contribution in [0.15, 0.2) is 12.1 Å². The second-order valence-electron chi connectivity index (χ2n) is 5.00. The van der Waals surface area contributed by atoms with Crippen LogP contribution in [0.25, 0.3) is 0 Å². The van der Waals surface area contributed by atoms with Gasteiger partial charge in [0.05, 0.1) is 0 Å². The van der Waals surface area contributed by atoms with Crippen molar-refractivity contribution in [2.24, 2.45) is 0 Å². The molecule has 2 aliphatic heterocycles. The molecule has 0 bridgehead atoms. The van der Waals surface area contributed by atoms with Crippen LogP contribution in [0.3, 0.4) is 0 Å². The van der Waals surface area contributed by atoms with E-state index in [0.717, 1.165) is 25.1 Å². The van der Waals surface area contributed by atoms with Crippen molar-refractivity contribution in [2.45, 2.75) is 32.4 Å². The highest BCUT2D eigenvalue weighted by atomic mass is 19.1. The molecule has 1 aromatic carbocycles. The van der Waals surface area contributed by atoms with Crippen molar-refractivity contribution in [1.29, 1.82) is 0 Å². The molecule has 0 radical (unpaired) electrons. The summed E-state index contributed by atoms with van der Waals surface area (Å²) in [6.45, 7) is 6.28. The number of nitrogens with one attached hydrogen (secondary N) is 1. The van der Waals surface area contributed by atoms with E-state index in [1.807, 2.05) is 6.92 Å². The molecular formula is C13H17FN2. The summed E-state index contributed by atoms with van der Waals surface area (Å²) in [5.41, 5.74) is 3.53. The third-order valence-corrected chi connectivity index (χ3v) is 3.75. The summed E-state index contributed by atoms with van der Waals surface area (Å²) in [5, 5.41) is 3.44. The van der Waals surface area contributed by atoms with Crippen LogP contribution < -0.4 is 10.2 Å². The Morgan fingerprint density at radius 3 is 3.00 bits per heavy atom. The lowest BCUT2D eigenvalue weighted by Crippen LogP contribution is -2.55. The van der Waals surface area contributed by atoms with Crippen LogP contribution in [0.5, 0.6) is 0 Å². The number of rotatable bonds is 0. The quantitative estimate of drug-likeness (QED) is 0.718. The van der Waals surface area contributed by atoms with Gasteiger partial charge in [0.25, 0.3) is 0 Å². The highest BCUT2D eigenvalue weighted by Gasteiger charge is 2.36. The van der Waals surface area contributed by atoms with Gasteiger partial charge in [-0.1, -0.05) is 0 Å². The first-order valence-corrected chi connectivity index (χ1v) is 5.95. The summed E-state index contributed by atoms with van der Waals surface area (Å²) in [7, 11) is 0. The number of hydrogen-bond acceptors (Lipinski definition) is 2. The Morgan fingerprint density at radius 1 is 1.38 bits per heavy atom. The molecule has 3 heteroatoms. The van der Waals surface area contributed by atoms with E-state index in [-0.39, 0.29) is 5.82 Å². The molecule has 1 aromatic rings. The summed E-state index contributed by atoms with van der Waals surface area (Å²) in [4.78, 5) is 2.47. The van der Waals surface area contributed by atoms with Crippen molar-refractivity contribution < 1.29 is 4.39 Å². The summed E-state index contributed by atoms with van der Waals surface area (Å²) >= 11 is 0. The monoisotopic (exact) mass is 220 g/mol. The molecule has 0 amide bonds. The van der Waals surface area contributed by atoms with Gasteiger partial charge in [0.1, 0.15) is 5.82 Å². The van der Waals surface area contributed by atoms with Crippen LogP contribution in [-0.2, 0) is 6.42 Å². The standard InChI is InChI=1S/C13H17FN2/c1-8-3-11(14)4-10-5-12-7-15-6-9(2)16(12)13(8)10/h3-4,9,12,15H,5-7H2,1-2H3/t9-,12+/m1/s1. The fourth-order valence-electron chi connectivity index (χ4n) is 3.17. The Balaban J connectivity index is 2.10. The van der Waals surface area contributed by atoms with E-state index in [0.29, 0.717) is 12.1 Å². The first-order chi connectivity index (χ1) is 7.66. The maximum atomic E-state index is 13.4. The summed E-state index contributed by atoms with van der Waals surface area (Å²) < 4.78 is 13.4. The van der Waals surface area contributed by atoms with Gasteiger partial charge < -0.3 is 10.2 Å². The smallest absolute Gasteiger partial charge is 0.123 e. The Labute approximate surface area is 95.4 Å². The topological polar surface area (TPSA) is 15.3 Å². The molecule has 1 fully saturated rings. The predicted molar refractivity (Wildman–Crippen MR) is 63.4 cm³/mol. The van der Waals surface area contributed by atoms with Gasteiger partial charge in [-0.3, -0.25) is 0 Å². The maximum absolute atomic E-state index is 13.4. The predicted octanol–water partition coefficient (Wildman–Crippen LogP) is 1.86. The zero-order chi connectivity index (χ0) is 11.3. The number of benzene rings is 1. The number of aryl methyl sites for hydroxylation is 1. The van der Waals surface area contributed by atoms with Crippen LogP contribution >= 0.6 is 0 Å². The van der Waals surface area contributed by atoms with E-state index in [1.165, 1.54) is 11.3 Å². The average molecular weight is 220 g/mol. The van der Waals surface area contributed by atoms with Crippen molar-refractivity contribution >= 4 is 5.69 Å². The minimum atomic E-state index is -0.100. The van der Waals surface area contributed by atoms with Crippen LogP contribution in [-0.4, -0.2) is 25.2 Å². The lowest BCUT2D eigenvalue weighted by Gasteiger charge is -2.39. The third-order valence-electron chi connectivity index (χ3n) is 3.75. The fraction of sp³-hybridized carbons (Fsp3) is 0.538. The molecule has 0 saturated carbocycles. The minimum absolute atomic E-state index is 0.100. The lowest BCUT2D eigenvalue weighted by atomic mass is 10.1. The second-order valence-corrected chi connectivity index (χ2v) is 5.00. The lowest BCUT2D eigenvalue weighted by molar-refractivity contribution is 0.429. The van der Waals surface area contributed by atoms with E-state index >= 15 is 0 Å². The third kappa shape index (κ3) is 1.34. The second kappa shape index (κ2) is 3.45. The Bertz CT molecular complexity index is 430. The number of anilines is 1. The van der Waals surface area contributed by atoms with Gasteiger partial charge >= 0.3 is 0 Å². The Hall–Kier alpha value is -1.09. The Kier molecular flexibility index (Phi) is 2.18. The number of piperazine rings is 1. The van der Waals surface area contributed by atoms with E-state index in [4.69, 9.17) is 0 Å². The van der Waals surface area contributed by atoms with Gasteiger partial charge in [0.15, 0.2) is 0 Å². The summed E-state index contributed by atoms with van der Waals surface area (Å²) in [5.74, 6) is -0.100. The minimum Gasteiger partial charge on any atom is -0.363 e. The molecule has 2 aliphatic rings. The van der Waals surface area contributed by atoms with Gasteiger partial charge in [-0.25, -0.2) is 4.39 Å². The van der Waals surface area contributed by atoms with Crippen molar-refractivity contribution in [3.05, 3.63) is 29.1 Å². The molecule has 2 atom stereocenters. The van der Waals surface area contributed by atoms with E-state index in [2.05, 4.69) is 17.1 Å². The molecular weight excluding hydrogens is 203 g/mol. The first-order valence-electron chi connectivity index (χ1n) is 5.95. The highest BCUT2D eigenvalue weighted by molar-refractivity contribution is 5.65. The van der Waals surface area contributed by atoms with Gasteiger partial charge in [-0.15, -0.1) is 0 Å². The average Bonchev–Trinajstić information content (AvgIpc) is 2.56. The molecule has 1 saturated heterocycles. The summed E-state index contributed by atoms with van der Waals surface area (Å²) in [6, 6.07) is 4.37. The molecule has 0 unspecified atom stereocenters. The van der Waals surface area contributed by atoms with Crippen molar-refractivity contribution in [3.63, 3.8) is 0 Å². The van der Waals surface area contributed by atoms with Gasteiger partial charge in [-0.05, 0) is 43.5 Å². The molecule has 1 N–H and O–H groups in total. The Morgan fingerprint density at radius 2 is 2.19 bits per heavy atom. The van der Waals surface area contributed by atoms with E-state index < -0.39 is 0 Å². The highest BCUT2D eigenvalue weighted by Crippen LogP contribution is 2.38.